The van der Waals surface area contributed by atoms with E-state index in [0.717, 1.165) is 35.3 Å². The molecular formula is C21H21N3O3. The highest BCUT2D eigenvalue weighted by atomic mass is 16.2. The molecule has 1 spiro atoms. The van der Waals surface area contributed by atoms with Gasteiger partial charge in [-0.2, -0.15) is 0 Å². The standard InChI is InChI=1S/C21H21N3O3/c25-18(22-16-10-2-1-3-11-16)14-24-19(26)21(23-20(24)27)13-7-6-9-15-8-4-5-12-17(15)21/h1-5,8,10-12H,6-7,9,13-14H2,(H,22,25)(H,23,27). The molecule has 0 aromatic heterocycles. The lowest BCUT2D eigenvalue weighted by Crippen LogP contribution is -2.44. The first-order valence-corrected chi connectivity index (χ1v) is 9.17. The lowest BCUT2D eigenvalue weighted by molar-refractivity contribution is -0.134. The Morgan fingerprint density at radius 3 is 2.59 bits per heavy atom. The fourth-order valence-corrected chi connectivity index (χ4v) is 3.98. The van der Waals surface area contributed by atoms with Crippen LogP contribution in [0.2, 0.25) is 0 Å². The van der Waals surface area contributed by atoms with Gasteiger partial charge in [0.1, 0.15) is 12.1 Å². The van der Waals surface area contributed by atoms with Gasteiger partial charge in [0.2, 0.25) is 5.91 Å². The van der Waals surface area contributed by atoms with Gasteiger partial charge in [0, 0.05) is 5.69 Å². The highest BCUT2D eigenvalue weighted by Crippen LogP contribution is 2.38. The molecule has 2 aliphatic rings. The summed E-state index contributed by atoms with van der Waals surface area (Å²) in [6.07, 6.45) is 3.24. The van der Waals surface area contributed by atoms with Gasteiger partial charge in [-0.05, 0) is 48.9 Å². The summed E-state index contributed by atoms with van der Waals surface area (Å²) in [7, 11) is 0. The van der Waals surface area contributed by atoms with E-state index in [1.54, 1.807) is 24.3 Å². The average Bonchev–Trinajstić information content (AvgIpc) is 2.82. The van der Waals surface area contributed by atoms with Crippen molar-refractivity contribution >= 4 is 23.5 Å². The number of amides is 4. The van der Waals surface area contributed by atoms with E-state index in [9.17, 15) is 14.4 Å². The van der Waals surface area contributed by atoms with Crippen molar-refractivity contribution in [3.05, 3.63) is 65.7 Å². The van der Waals surface area contributed by atoms with Crippen molar-refractivity contribution in [2.24, 2.45) is 0 Å². The SMILES string of the molecule is O=C(CN1C(=O)NC2(CCCCc3ccccc32)C1=O)Nc1ccccc1. The fraction of sp³-hybridized carbons (Fsp3) is 0.286. The number of para-hydroxylation sites is 1. The van der Waals surface area contributed by atoms with Gasteiger partial charge in [-0.3, -0.25) is 14.5 Å². The van der Waals surface area contributed by atoms with E-state index >= 15 is 0 Å². The number of carbonyl (C=O) groups excluding carboxylic acids is 3. The Morgan fingerprint density at radius 2 is 1.78 bits per heavy atom. The van der Waals surface area contributed by atoms with Crippen LogP contribution in [-0.2, 0) is 21.5 Å². The van der Waals surface area contributed by atoms with Crippen molar-refractivity contribution < 1.29 is 14.4 Å². The lowest BCUT2D eigenvalue weighted by atomic mass is 9.84. The molecule has 1 aliphatic heterocycles. The van der Waals surface area contributed by atoms with Crippen LogP contribution in [0.5, 0.6) is 0 Å². The predicted octanol–water partition coefficient (Wildman–Crippen LogP) is 2.80. The van der Waals surface area contributed by atoms with E-state index < -0.39 is 17.5 Å². The Morgan fingerprint density at radius 1 is 1.04 bits per heavy atom. The second-order valence-corrected chi connectivity index (χ2v) is 7.01. The number of fused-ring (bicyclic) bond motifs is 2. The predicted molar refractivity (Wildman–Crippen MR) is 101 cm³/mol. The molecule has 1 unspecified atom stereocenters. The third-order valence-corrected chi connectivity index (χ3v) is 5.26. The van der Waals surface area contributed by atoms with Crippen molar-refractivity contribution in [2.75, 3.05) is 11.9 Å². The highest BCUT2D eigenvalue weighted by molar-refractivity contribution is 6.10. The molecule has 6 heteroatoms. The number of anilines is 1. The molecule has 4 rings (SSSR count). The Hall–Kier alpha value is -3.15. The maximum absolute atomic E-state index is 13.3. The Kier molecular flexibility index (Phi) is 4.39. The molecule has 6 nitrogen and oxygen atoms in total. The van der Waals surface area contributed by atoms with Gasteiger partial charge < -0.3 is 10.6 Å². The second kappa shape index (κ2) is 6.87. The Balaban J connectivity index is 1.58. The molecule has 1 heterocycles. The van der Waals surface area contributed by atoms with Crippen LogP contribution < -0.4 is 10.6 Å². The zero-order chi connectivity index (χ0) is 18.9. The summed E-state index contributed by atoms with van der Waals surface area (Å²) >= 11 is 0. The minimum Gasteiger partial charge on any atom is -0.325 e. The molecule has 4 amide bonds. The maximum Gasteiger partial charge on any atom is 0.325 e. The number of nitrogens with one attached hydrogen (secondary N) is 2. The summed E-state index contributed by atoms with van der Waals surface area (Å²) in [4.78, 5) is 39.2. The van der Waals surface area contributed by atoms with Gasteiger partial charge in [0.25, 0.3) is 5.91 Å². The molecule has 1 fully saturated rings. The molecule has 2 aromatic carbocycles. The van der Waals surface area contributed by atoms with Crippen LogP contribution in [-0.4, -0.2) is 29.3 Å². The van der Waals surface area contributed by atoms with E-state index in [1.807, 2.05) is 30.3 Å². The molecule has 1 saturated heterocycles. The summed E-state index contributed by atoms with van der Waals surface area (Å²) in [6, 6.07) is 16.2. The highest BCUT2D eigenvalue weighted by Gasteiger charge is 2.53. The van der Waals surface area contributed by atoms with Crippen molar-refractivity contribution in [3.8, 4) is 0 Å². The van der Waals surface area contributed by atoms with Crippen LogP contribution in [0.15, 0.2) is 54.6 Å². The first-order chi connectivity index (χ1) is 13.1. The van der Waals surface area contributed by atoms with Crippen molar-refractivity contribution in [1.82, 2.24) is 10.2 Å². The van der Waals surface area contributed by atoms with E-state index in [2.05, 4.69) is 10.6 Å². The van der Waals surface area contributed by atoms with Crippen LogP contribution in [0.3, 0.4) is 0 Å². The summed E-state index contributed by atoms with van der Waals surface area (Å²) in [5.41, 5.74) is 1.51. The van der Waals surface area contributed by atoms with E-state index in [1.165, 1.54) is 0 Å². The van der Waals surface area contributed by atoms with Crippen molar-refractivity contribution in [3.63, 3.8) is 0 Å². The van der Waals surface area contributed by atoms with Crippen LogP contribution >= 0.6 is 0 Å². The van der Waals surface area contributed by atoms with Gasteiger partial charge in [0.15, 0.2) is 0 Å². The number of benzene rings is 2. The quantitative estimate of drug-likeness (QED) is 0.823. The summed E-state index contributed by atoms with van der Waals surface area (Å²) < 4.78 is 0. The molecule has 1 aliphatic carbocycles. The minimum atomic E-state index is -1.06. The Labute approximate surface area is 157 Å². The van der Waals surface area contributed by atoms with Gasteiger partial charge >= 0.3 is 6.03 Å². The van der Waals surface area contributed by atoms with E-state index in [-0.39, 0.29) is 12.5 Å². The van der Waals surface area contributed by atoms with E-state index in [0.29, 0.717) is 12.1 Å². The molecule has 0 saturated carbocycles. The van der Waals surface area contributed by atoms with Crippen LogP contribution in [0.1, 0.15) is 30.4 Å². The molecule has 27 heavy (non-hydrogen) atoms. The molecule has 2 aromatic rings. The van der Waals surface area contributed by atoms with Crippen molar-refractivity contribution in [1.29, 1.82) is 0 Å². The van der Waals surface area contributed by atoms with Gasteiger partial charge in [-0.25, -0.2) is 4.79 Å². The van der Waals surface area contributed by atoms with Gasteiger partial charge in [-0.1, -0.05) is 42.5 Å². The lowest BCUT2D eigenvalue weighted by Gasteiger charge is -2.27. The summed E-state index contributed by atoms with van der Waals surface area (Å²) in [5, 5.41) is 5.61. The summed E-state index contributed by atoms with van der Waals surface area (Å²) in [6.45, 7) is -0.302. The molecule has 1 atom stereocenters. The third kappa shape index (κ3) is 3.07. The number of nitrogens with zero attached hydrogens (tertiary/aromatic N) is 1. The number of hydrogen-bond donors (Lipinski definition) is 2. The fourth-order valence-electron chi connectivity index (χ4n) is 3.98. The first-order valence-electron chi connectivity index (χ1n) is 9.17. The molecule has 138 valence electrons. The molecule has 0 radical (unpaired) electrons. The normalized spacial score (nSPS) is 21.6. The minimum absolute atomic E-state index is 0.302. The number of rotatable bonds is 3. The van der Waals surface area contributed by atoms with Crippen LogP contribution in [0.25, 0.3) is 0 Å². The average molecular weight is 363 g/mol. The number of aryl methyl sites for hydroxylation is 1. The zero-order valence-electron chi connectivity index (χ0n) is 14.9. The summed E-state index contributed by atoms with van der Waals surface area (Å²) in [5.74, 6) is -0.742. The molecular weight excluding hydrogens is 342 g/mol. The number of imide groups is 1. The monoisotopic (exact) mass is 363 g/mol. The van der Waals surface area contributed by atoms with Gasteiger partial charge in [-0.15, -0.1) is 0 Å². The topological polar surface area (TPSA) is 78.5 Å². The number of carbonyl (C=O) groups is 3. The van der Waals surface area contributed by atoms with Crippen LogP contribution in [0.4, 0.5) is 10.5 Å². The first kappa shape index (κ1) is 17.3. The van der Waals surface area contributed by atoms with Crippen LogP contribution in [0, 0.1) is 0 Å². The van der Waals surface area contributed by atoms with Crippen molar-refractivity contribution in [2.45, 2.75) is 31.2 Å². The second-order valence-electron chi connectivity index (χ2n) is 7.01. The van der Waals surface area contributed by atoms with E-state index in [4.69, 9.17) is 0 Å². The smallest absolute Gasteiger partial charge is 0.325 e. The maximum atomic E-state index is 13.3. The largest absolute Gasteiger partial charge is 0.325 e. The zero-order valence-corrected chi connectivity index (χ0v) is 14.9. The number of urea groups is 1. The third-order valence-electron chi connectivity index (χ3n) is 5.26. The van der Waals surface area contributed by atoms with Gasteiger partial charge in [0.05, 0.1) is 0 Å². The number of hydrogen-bond acceptors (Lipinski definition) is 3. The molecule has 0 bridgehead atoms. The molecule has 2 N–H and O–H groups in total. The Bertz CT molecular complexity index is 897.